The third-order valence-corrected chi connectivity index (χ3v) is 12.5. The van der Waals surface area contributed by atoms with Crippen molar-refractivity contribution in [3.8, 4) is 0 Å². The summed E-state index contributed by atoms with van der Waals surface area (Å²) in [6, 6.07) is -0.643. The van der Waals surface area contributed by atoms with Gasteiger partial charge in [0.15, 0.2) is 0 Å². The van der Waals surface area contributed by atoms with Crippen LogP contribution in [0.25, 0.3) is 0 Å². The Hall–Kier alpha value is -1.65. The highest BCUT2D eigenvalue weighted by atomic mass is 16.3. The van der Waals surface area contributed by atoms with Gasteiger partial charge < -0.3 is 15.5 Å². The van der Waals surface area contributed by atoms with E-state index in [4.69, 9.17) is 0 Å². The van der Waals surface area contributed by atoms with Crippen LogP contribution in [0, 0.1) is 0 Å². The summed E-state index contributed by atoms with van der Waals surface area (Å²) in [5.41, 5.74) is 0. The van der Waals surface area contributed by atoms with Gasteiger partial charge in [-0.15, -0.1) is 0 Å². The molecule has 0 aliphatic rings. The van der Waals surface area contributed by atoms with Crippen molar-refractivity contribution >= 4 is 5.91 Å². The smallest absolute Gasteiger partial charge is 0.220 e. The first-order chi connectivity index (χ1) is 30.2. The molecule has 358 valence electrons. The Kier molecular flexibility index (Phi) is 51.3. The van der Waals surface area contributed by atoms with Gasteiger partial charge >= 0.3 is 0 Å². The van der Waals surface area contributed by atoms with E-state index in [-0.39, 0.29) is 12.5 Å². The lowest BCUT2D eigenvalue weighted by Crippen LogP contribution is -2.45. The molecule has 0 spiro atoms. The van der Waals surface area contributed by atoms with E-state index in [1.54, 1.807) is 6.08 Å². The van der Waals surface area contributed by atoms with Crippen LogP contribution in [0.1, 0.15) is 290 Å². The van der Waals surface area contributed by atoms with Crippen molar-refractivity contribution in [2.75, 3.05) is 6.61 Å². The molecule has 0 aromatic heterocycles. The second-order valence-electron chi connectivity index (χ2n) is 18.6. The molecule has 2 atom stereocenters. The van der Waals surface area contributed by atoms with E-state index < -0.39 is 12.1 Å². The predicted molar refractivity (Wildman–Crippen MR) is 271 cm³/mol. The maximum atomic E-state index is 12.4. The van der Waals surface area contributed by atoms with Gasteiger partial charge in [-0.05, 0) is 64.2 Å². The molecular formula is C57H107NO3. The van der Waals surface area contributed by atoms with Gasteiger partial charge in [-0.2, -0.15) is 0 Å². The zero-order valence-corrected chi connectivity index (χ0v) is 41.2. The minimum Gasteiger partial charge on any atom is -0.394 e. The SMILES string of the molecule is CCCC/C=C/CC/C=C/CC/C=C/C(O)C(CO)NC(=O)CCCCCCCCCCCCCCCCCCCCCCCCCCC/C=C\CCCCCCCCCC. The van der Waals surface area contributed by atoms with Gasteiger partial charge in [-0.1, -0.05) is 268 Å². The monoisotopic (exact) mass is 854 g/mol. The summed E-state index contributed by atoms with van der Waals surface area (Å²) in [6.07, 6.45) is 72.9. The molecule has 0 aliphatic carbocycles. The quantitative estimate of drug-likeness (QED) is 0.0422. The van der Waals surface area contributed by atoms with Gasteiger partial charge in [0.1, 0.15) is 0 Å². The average Bonchev–Trinajstić information content (AvgIpc) is 3.26. The van der Waals surface area contributed by atoms with Crippen LogP contribution in [0.15, 0.2) is 48.6 Å². The minimum absolute atomic E-state index is 0.0757. The molecule has 0 aromatic carbocycles. The van der Waals surface area contributed by atoms with E-state index in [1.165, 1.54) is 231 Å². The zero-order valence-electron chi connectivity index (χ0n) is 41.2. The molecular weight excluding hydrogens is 747 g/mol. The molecule has 0 radical (unpaired) electrons. The summed E-state index contributed by atoms with van der Waals surface area (Å²) in [5, 5.41) is 23.0. The molecule has 4 heteroatoms. The molecule has 0 heterocycles. The fourth-order valence-corrected chi connectivity index (χ4v) is 8.31. The summed E-state index contributed by atoms with van der Waals surface area (Å²) < 4.78 is 0. The van der Waals surface area contributed by atoms with Crippen LogP contribution in [0.2, 0.25) is 0 Å². The van der Waals surface area contributed by atoms with Gasteiger partial charge in [-0.25, -0.2) is 0 Å². The lowest BCUT2D eigenvalue weighted by molar-refractivity contribution is -0.123. The van der Waals surface area contributed by atoms with E-state index in [0.717, 1.165) is 38.5 Å². The van der Waals surface area contributed by atoms with E-state index in [1.807, 2.05) is 6.08 Å². The van der Waals surface area contributed by atoms with Crippen molar-refractivity contribution in [2.45, 2.75) is 302 Å². The van der Waals surface area contributed by atoms with Crippen molar-refractivity contribution in [2.24, 2.45) is 0 Å². The molecule has 0 fully saturated rings. The molecule has 0 saturated carbocycles. The van der Waals surface area contributed by atoms with Crippen LogP contribution < -0.4 is 5.32 Å². The van der Waals surface area contributed by atoms with Crippen molar-refractivity contribution in [3.05, 3.63) is 48.6 Å². The first-order valence-electron chi connectivity index (χ1n) is 27.4. The highest BCUT2D eigenvalue weighted by Crippen LogP contribution is 2.17. The second-order valence-corrected chi connectivity index (χ2v) is 18.6. The number of carbonyl (C=O) groups excluding carboxylic acids is 1. The van der Waals surface area contributed by atoms with Crippen LogP contribution in [-0.4, -0.2) is 34.9 Å². The highest BCUT2D eigenvalue weighted by Gasteiger charge is 2.18. The molecule has 0 rings (SSSR count). The Balaban J connectivity index is 3.39. The van der Waals surface area contributed by atoms with Gasteiger partial charge in [-0.3, -0.25) is 4.79 Å². The number of aliphatic hydroxyl groups is 2. The van der Waals surface area contributed by atoms with Crippen LogP contribution in [0.3, 0.4) is 0 Å². The Bertz CT molecular complexity index is 970. The molecule has 0 aromatic rings. The number of nitrogens with one attached hydrogen (secondary N) is 1. The number of amides is 1. The van der Waals surface area contributed by atoms with Crippen molar-refractivity contribution < 1.29 is 15.0 Å². The molecule has 4 nitrogen and oxygen atoms in total. The first-order valence-corrected chi connectivity index (χ1v) is 27.4. The fourth-order valence-electron chi connectivity index (χ4n) is 8.31. The third kappa shape index (κ3) is 49.2. The van der Waals surface area contributed by atoms with E-state index in [2.05, 4.69) is 55.6 Å². The fraction of sp³-hybridized carbons (Fsp3) is 0.842. The predicted octanol–water partition coefficient (Wildman–Crippen LogP) is 17.9. The molecule has 0 saturated heterocycles. The minimum atomic E-state index is -0.868. The normalized spacial score (nSPS) is 13.2. The number of aliphatic hydroxyl groups excluding tert-OH is 2. The molecule has 0 aliphatic heterocycles. The topological polar surface area (TPSA) is 69.6 Å². The highest BCUT2D eigenvalue weighted by molar-refractivity contribution is 5.76. The van der Waals surface area contributed by atoms with E-state index in [0.29, 0.717) is 6.42 Å². The van der Waals surface area contributed by atoms with Crippen molar-refractivity contribution in [1.82, 2.24) is 5.32 Å². The average molecular weight is 854 g/mol. The summed E-state index contributed by atoms with van der Waals surface area (Å²) in [6.45, 7) is 4.26. The van der Waals surface area contributed by atoms with Crippen molar-refractivity contribution in [1.29, 1.82) is 0 Å². The molecule has 2 unspecified atom stereocenters. The molecule has 0 bridgehead atoms. The summed E-state index contributed by atoms with van der Waals surface area (Å²) >= 11 is 0. The number of allylic oxidation sites excluding steroid dienone is 7. The van der Waals surface area contributed by atoms with Crippen molar-refractivity contribution in [3.63, 3.8) is 0 Å². The zero-order chi connectivity index (χ0) is 44.2. The van der Waals surface area contributed by atoms with Gasteiger partial charge in [0, 0.05) is 6.42 Å². The largest absolute Gasteiger partial charge is 0.394 e. The van der Waals surface area contributed by atoms with E-state index in [9.17, 15) is 15.0 Å². The lowest BCUT2D eigenvalue weighted by Gasteiger charge is -2.19. The van der Waals surface area contributed by atoms with E-state index >= 15 is 0 Å². The standard InChI is InChI=1S/C57H107NO3/c1-3-5-7-9-11-13-15-17-18-19-20-21-22-23-24-25-26-27-28-29-30-31-32-33-34-35-36-37-38-39-40-41-43-45-47-49-51-53-57(61)58-55(54-59)56(60)52-50-48-46-44-42-16-14-12-10-8-6-4-2/h10,12,19-20,42,44,50,52,55-56,59-60H,3-9,11,13-18,21-41,43,45-49,51,53-54H2,1-2H3,(H,58,61)/b12-10+,20-19-,44-42+,52-50+. The third-order valence-electron chi connectivity index (χ3n) is 12.5. The first kappa shape index (κ1) is 59.4. The van der Waals surface area contributed by atoms with Crippen LogP contribution in [0.5, 0.6) is 0 Å². The summed E-state index contributed by atoms with van der Waals surface area (Å²) in [5.74, 6) is -0.0757. The summed E-state index contributed by atoms with van der Waals surface area (Å²) in [7, 11) is 0. The number of unbranched alkanes of at least 4 members (excludes halogenated alkanes) is 37. The van der Waals surface area contributed by atoms with Gasteiger partial charge in [0.2, 0.25) is 5.91 Å². The molecule has 3 N–H and O–H groups in total. The Labute approximate surface area is 382 Å². The molecule has 61 heavy (non-hydrogen) atoms. The number of hydrogen-bond donors (Lipinski definition) is 3. The van der Waals surface area contributed by atoms with Crippen LogP contribution >= 0.6 is 0 Å². The number of hydrogen-bond acceptors (Lipinski definition) is 3. The summed E-state index contributed by atoms with van der Waals surface area (Å²) in [4.78, 5) is 12.4. The second kappa shape index (κ2) is 52.7. The number of carbonyl (C=O) groups is 1. The van der Waals surface area contributed by atoms with Crippen LogP contribution in [0.4, 0.5) is 0 Å². The maximum absolute atomic E-state index is 12.4. The Morgan fingerprint density at radius 3 is 1.00 bits per heavy atom. The Morgan fingerprint density at radius 1 is 0.377 bits per heavy atom. The number of rotatable bonds is 50. The van der Waals surface area contributed by atoms with Crippen LogP contribution in [-0.2, 0) is 4.79 Å². The van der Waals surface area contributed by atoms with Gasteiger partial charge in [0.25, 0.3) is 0 Å². The maximum Gasteiger partial charge on any atom is 0.220 e. The van der Waals surface area contributed by atoms with Gasteiger partial charge in [0.05, 0.1) is 18.8 Å². The Morgan fingerprint density at radius 2 is 0.656 bits per heavy atom. The lowest BCUT2D eigenvalue weighted by atomic mass is 10.0. The molecule has 1 amide bonds.